The lowest BCUT2D eigenvalue weighted by atomic mass is 9.71. The highest BCUT2D eigenvalue weighted by molar-refractivity contribution is 5.05. The Hall–Kier alpha value is -0.120. The first-order valence-corrected chi connectivity index (χ1v) is 6.26. The highest BCUT2D eigenvalue weighted by Crippen LogP contribution is 2.44. The third-order valence-corrected chi connectivity index (χ3v) is 4.72. The number of nitrogens with one attached hydrogen (secondary N) is 1. The minimum atomic E-state index is 0.448. The number of hydrogen-bond donors (Lipinski definition) is 1. The summed E-state index contributed by atoms with van der Waals surface area (Å²) in [6.07, 6.45) is 3.89. The Morgan fingerprint density at radius 1 is 1.13 bits per heavy atom. The summed E-state index contributed by atoms with van der Waals surface area (Å²) in [5.74, 6) is 0. The molecule has 3 rings (SSSR count). The van der Waals surface area contributed by atoms with Crippen molar-refractivity contribution in [3.05, 3.63) is 0 Å². The summed E-state index contributed by atoms with van der Waals surface area (Å²) < 4.78 is 5.46. The smallest absolute Gasteiger partial charge is 0.0472 e. The molecule has 3 nitrogen and oxygen atoms in total. The number of rotatable bonds is 1. The standard InChI is InChI=1S/C12H22N2O/c1-11(2-5-13-8-11)14-9-12(10-14)3-6-15-7-4-12/h13H,2-10H2,1H3. The SMILES string of the molecule is CC1(N2CC3(CCOCC3)C2)CCNC1. The van der Waals surface area contributed by atoms with Crippen molar-refractivity contribution in [1.29, 1.82) is 0 Å². The molecule has 3 aliphatic rings. The molecule has 3 fully saturated rings. The maximum Gasteiger partial charge on any atom is 0.0472 e. The number of nitrogens with zero attached hydrogens (tertiary/aromatic N) is 1. The molecule has 15 heavy (non-hydrogen) atoms. The van der Waals surface area contributed by atoms with Crippen molar-refractivity contribution in [1.82, 2.24) is 10.2 Å². The second-order valence-electron chi connectivity index (χ2n) is 5.89. The van der Waals surface area contributed by atoms with Gasteiger partial charge in [-0.15, -0.1) is 0 Å². The van der Waals surface area contributed by atoms with E-state index in [9.17, 15) is 0 Å². The van der Waals surface area contributed by atoms with E-state index in [1.807, 2.05) is 0 Å². The summed E-state index contributed by atoms with van der Waals surface area (Å²) in [6, 6.07) is 0. The molecule has 3 saturated heterocycles. The molecule has 0 aromatic heterocycles. The van der Waals surface area contributed by atoms with Gasteiger partial charge in [-0.1, -0.05) is 0 Å². The summed E-state index contributed by atoms with van der Waals surface area (Å²) in [6.45, 7) is 9.40. The van der Waals surface area contributed by atoms with Gasteiger partial charge in [-0.05, 0) is 32.7 Å². The maximum atomic E-state index is 5.46. The fraction of sp³-hybridized carbons (Fsp3) is 1.00. The van der Waals surface area contributed by atoms with Gasteiger partial charge in [0, 0.05) is 43.8 Å². The fourth-order valence-electron chi connectivity index (χ4n) is 3.34. The van der Waals surface area contributed by atoms with Gasteiger partial charge in [-0.25, -0.2) is 0 Å². The minimum Gasteiger partial charge on any atom is -0.381 e. The van der Waals surface area contributed by atoms with Gasteiger partial charge in [0.05, 0.1) is 0 Å². The molecule has 0 aliphatic carbocycles. The second-order valence-corrected chi connectivity index (χ2v) is 5.89. The first kappa shape index (κ1) is 10.1. The van der Waals surface area contributed by atoms with Crippen LogP contribution in [0.5, 0.6) is 0 Å². The number of hydrogen-bond acceptors (Lipinski definition) is 3. The zero-order valence-electron chi connectivity index (χ0n) is 9.72. The van der Waals surface area contributed by atoms with Crippen molar-refractivity contribution in [2.75, 3.05) is 39.4 Å². The van der Waals surface area contributed by atoms with Crippen molar-refractivity contribution in [3.63, 3.8) is 0 Å². The Morgan fingerprint density at radius 2 is 1.87 bits per heavy atom. The van der Waals surface area contributed by atoms with Crippen LogP contribution in [-0.2, 0) is 4.74 Å². The van der Waals surface area contributed by atoms with Crippen molar-refractivity contribution in [3.8, 4) is 0 Å². The van der Waals surface area contributed by atoms with Crippen LogP contribution in [0.3, 0.4) is 0 Å². The quantitative estimate of drug-likeness (QED) is 0.694. The summed E-state index contributed by atoms with van der Waals surface area (Å²) in [5, 5.41) is 3.49. The Balaban J connectivity index is 1.60. The van der Waals surface area contributed by atoms with Crippen molar-refractivity contribution < 1.29 is 4.74 Å². The van der Waals surface area contributed by atoms with Gasteiger partial charge in [-0.2, -0.15) is 0 Å². The van der Waals surface area contributed by atoms with Crippen LogP contribution in [0, 0.1) is 5.41 Å². The van der Waals surface area contributed by atoms with E-state index in [1.54, 1.807) is 0 Å². The normalized spacial score (nSPS) is 40.6. The van der Waals surface area contributed by atoms with Crippen molar-refractivity contribution >= 4 is 0 Å². The monoisotopic (exact) mass is 210 g/mol. The Bertz CT molecular complexity index is 234. The van der Waals surface area contributed by atoms with E-state index in [0.717, 1.165) is 13.2 Å². The number of likely N-dealkylation sites (tertiary alicyclic amines) is 1. The van der Waals surface area contributed by atoms with Crippen molar-refractivity contribution in [2.45, 2.75) is 31.7 Å². The molecule has 0 bridgehead atoms. The van der Waals surface area contributed by atoms with E-state index in [2.05, 4.69) is 17.1 Å². The zero-order valence-corrected chi connectivity index (χ0v) is 9.72. The third-order valence-electron chi connectivity index (χ3n) is 4.72. The van der Waals surface area contributed by atoms with Gasteiger partial charge in [0.15, 0.2) is 0 Å². The van der Waals surface area contributed by atoms with Crippen LogP contribution in [0.15, 0.2) is 0 Å². The molecule has 1 spiro atoms. The molecule has 3 heterocycles. The lowest BCUT2D eigenvalue weighted by Crippen LogP contribution is -2.66. The third kappa shape index (κ3) is 1.61. The minimum absolute atomic E-state index is 0.448. The molecule has 0 aromatic carbocycles. The highest BCUT2D eigenvalue weighted by Gasteiger charge is 2.50. The van der Waals surface area contributed by atoms with E-state index in [1.165, 1.54) is 45.4 Å². The summed E-state index contributed by atoms with van der Waals surface area (Å²) in [4.78, 5) is 2.69. The average Bonchev–Trinajstić information content (AvgIpc) is 2.64. The van der Waals surface area contributed by atoms with Gasteiger partial charge in [0.2, 0.25) is 0 Å². The Kier molecular flexibility index (Phi) is 2.31. The predicted octanol–water partition coefficient (Wildman–Crippen LogP) is 0.851. The van der Waals surface area contributed by atoms with Gasteiger partial charge >= 0.3 is 0 Å². The summed E-state index contributed by atoms with van der Waals surface area (Å²) in [5.41, 5.74) is 1.08. The average molecular weight is 210 g/mol. The molecule has 3 aliphatic heterocycles. The fourth-order valence-corrected chi connectivity index (χ4v) is 3.34. The van der Waals surface area contributed by atoms with E-state index in [0.29, 0.717) is 11.0 Å². The second kappa shape index (κ2) is 3.44. The van der Waals surface area contributed by atoms with Crippen LogP contribution in [0.1, 0.15) is 26.2 Å². The highest BCUT2D eigenvalue weighted by atomic mass is 16.5. The van der Waals surface area contributed by atoms with E-state index >= 15 is 0 Å². The van der Waals surface area contributed by atoms with Crippen LogP contribution < -0.4 is 5.32 Å². The molecule has 86 valence electrons. The van der Waals surface area contributed by atoms with Crippen LogP contribution in [-0.4, -0.2) is 49.8 Å². The largest absolute Gasteiger partial charge is 0.381 e. The predicted molar refractivity (Wildman–Crippen MR) is 60.0 cm³/mol. The first-order chi connectivity index (χ1) is 7.23. The molecular weight excluding hydrogens is 188 g/mol. The van der Waals surface area contributed by atoms with Gasteiger partial charge in [0.25, 0.3) is 0 Å². The first-order valence-electron chi connectivity index (χ1n) is 6.26. The molecular formula is C12H22N2O. The molecule has 0 aromatic rings. The van der Waals surface area contributed by atoms with E-state index < -0.39 is 0 Å². The molecule has 1 atom stereocenters. The topological polar surface area (TPSA) is 24.5 Å². The Morgan fingerprint density at radius 3 is 2.47 bits per heavy atom. The van der Waals surface area contributed by atoms with Crippen molar-refractivity contribution in [2.24, 2.45) is 5.41 Å². The van der Waals surface area contributed by atoms with Crippen LogP contribution >= 0.6 is 0 Å². The lowest BCUT2D eigenvalue weighted by molar-refractivity contribution is -0.117. The van der Waals surface area contributed by atoms with Crippen LogP contribution in [0.25, 0.3) is 0 Å². The molecule has 1 N–H and O–H groups in total. The van der Waals surface area contributed by atoms with E-state index in [4.69, 9.17) is 4.74 Å². The molecule has 3 heteroatoms. The van der Waals surface area contributed by atoms with Gasteiger partial charge < -0.3 is 10.1 Å². The molecule has 0 saturated carbocycles. The van der Waals surface area contributed by atoms with Gasteiger partial charge in [-0.3, -0.25) is 4.90 Å². The molecule has 0 amide bonds. The summed E-state index contributed by atoms with van der Waals surface area (Å²) >= 11 is 0. The molecule has 1 unspecified atom stereocenters. The number of ether oxygens (including phenoxy) is 1. The Labute approximate surface area is 92.2 Å². The lowest BCUT2D eigenvalue weighted by Gasteiger charge is -2.58. The van der Waals surface area contributed by atoms with E-state index in [-0.39, 0.29) is 0 Å². The van der Waals surface area contributed by atoms with Gasteiger partial charge in [0.1, 0.15) is 0 Å². The molecule has 0 radical (unpaired) electrons. The van der Waals surface area contributed by atoms with Crippen LogP contribution in [0.4, 0.5) is 0 Å². The summed E-state index contributed by atoms with van der Waals surface area (Å²) in [7, 11) is 0. The van der Waals surface area contributed by atoms with Crippen LogP contribution in [0.2, 0.25) is 0 Å². The zero-order chi connectivity index (χ0) is 10.4. The maximum absolute atomic E-state index is 5.46.